The smallest absolute Gasteiger partial charge is 0.262 e. The van der Waals surface area contributed by atoms with Crippen LogP contribution in [0, 0.1) is 6.92 Å². The van der Waals surface area contributed by atoms with E-state index in [1.807, 2.05) is 28.7 Å². The Kier molecular flexibility index (Phi) is 4.51. The zero-order valence-corrected chi connectivity index (χ0v) is 15.7. The molecule has 2 aromatic carbocycles. The van der Waals surface area contributed by atoms with E-state index >= 15 is 0 Å². The number of rotatable bonds is 5. The van der Waals surface area contributed by atoms with Crippen molar-refractivity contribution in [2.45, 2.75) is 37.7 Å². The van der Waals surface area contributed by atoms with E-state index in [1.165, 1.54) is 11.1 Å². The summed E-state index contributed by atoms with van der Waals surface area (Å²) in [4.78, 5) is 12.8. The fraction of sp³-hybridized carbons (Fsp3) is 0.250. The number of hydrogen-bond donors (Lipinski definition) is 0. The van der Waals surface area contributed by atoms with Crippen LogP contribution in [0.3, 0.4) is 0 Å². The molecule has 0 saturated heterocycles. The standard InChI is InChI=1S/C20H20N4OS/c1-3-12-23-18(25)16-6-4-5-7-17(16)24-19(23)21-22-20(24)26-13-15-10-8-14(2)9-11-15/h4-11H,3,12-13H2,1-2H3. The van der Waals surface area contributed by atoms with Crippen molar-refractivity contribution in [3.05, 3.63) is 70.0 Å². The third-order valence-electron chi connectivity index (χ3n) is 4.41. The molecule has 0 fully saturated rings. The first-order valence-corrected chi connectivity index (χ1v) is 9.72. The van der Waals surface area contributed by atoms with Gasteiger partial charge in [-0.25, -0.2) is 0 Å². The molecule has 2 heterocycles. The predicted molar refractivity (Wildman–Crippen MR) is 106 cm³/mol. The molecule has 2 aromatic heterocycles. The molecular weight excluding hydrogens is 344 g/mol. The van der Waals surface area contributed by atoms with Gasteiger partial charge in [0, 0.05) is 12.3 Å². The average Bonchev–Trinajstić information content (AvgIpc) is 3.09. The SMILES string of the molecule is CCCn1c(=O)c2ccccc2n2c(SCc3ccc(C)cc3)nnc12. The fourth-order valence-electron chi connectivity index (χ4n) is 3.08. The number of hydrogen-bond acceptors (Lipinski definition) is 4. The molecular formula is C20H20N4OS. The van der Waals surface area contributed by atoms with Crippen LogP contribution in [0.4, 0.5) is 0 Å². The van der Waals surface area contributed by atoms with Crippen molar-refractivity contribution in [2.24, 2.45) is 0 Å². The van der Waals surface area contributed by atoms with Gasteiger partial charge in [-0.1, -0.05) is 60.6 Å². The molecule has 0 unspecified atom stereocenters. The molecule has 0 radical (unpaired) electrons. The van der Waals surface area contributed by atoms with Crippen LogP contribution >= 0.6 is 11.8 Å². The van der Waals surface area contributed by atoms with E-state index in [0.29, 0.717) is 17.7 Å². The third kappa shape index (κ3) is 2.90. The van der Waals surface area contributed by atoms with Gasteiger partial charge in [-0.2, -0.15) is 0 Å². The second-order valence-electron chi connectivity index (χ2n) is 6.37. The number of fused-ring (bicyclic) bond motifs is 3. The largest absolute Gasteiger partial charge is 0.276 e. The lowest BCUT2D eigenvalue weighted by molar-refractivity contribution is 0.662. The Balaban J connectivity index is 1.83. The van der Waals surface area contributed by atoms with Gasteiger partial charge in [-0.3, -0.25) is 13.8 Å². The van der Waals surface area contributed by atoms with E-state index in [-0.39, 0.29) is 5.56 Å². The molecule has 4 aromatic rings. The Labute approximate surface area is 155 Å². The van der Waals surface area contributed by atoms with Crippen LogP contribution < -0.4 is 5.56 Å². The lowest BCUT2D eigenvalue weighted by Gasteiger charge is -2.10. The lowest BCUT2D eigenvalue weighted by Crippen LogP contribution is -2.23. The molecule has 0 aliphatic carbocycles. The van der Waals surface area contributed by atoms with Crippen LogP contribution in [0.25, 0.3) is 16.7 Å². The lowest BCUT2D eigenvalue weighted by atomic mass is 10.2. The summed E-state index contributed by atoms with van der Waals surface area (Å²) in [5.74, 6) is 1.42. The molecule has 0 spiro atoms. The van der Waals surface area contributed by atoms with Crippen LogP contribution in [0.1, 0.15) is 24.5 Å². The van der Waals surface area contributed by atoms with Crippen molar-refractivity contribution < 1.29 is 0 Å². The Hall–Kier alpha value is -2.60. The molecule has 0 N–H and O–H groups in total. The van der Waals surface area contributed by atoms with Crippen LogP contribution in [-0.4, -0.2) is 19.2 Å². The van der Waals surface area contributed by atoms with E-state index in [0.717, 1.165) is 22.8 Å². The molecule has 5 nitrogen and oxygen atoms in total. The zero-order chi connectivity index (χ0) is 18.1. The maximum absolute atomic E-state index is 12.8. The normalized spacial score (nSPS) is 11.5. The molecule has 4 rings (SSSR count). The Morgan fingerprint density at radius 2 is 1.81 bits per heavy atom. The Morgan fingerprint density at radius 1 is 1.04 bits per heavy atom. The van der Waals surface area contributed by atoms with Gasteiger partial charge in [0.05, 0.1) is 10.9 Å². The number of para-hydroxylation sites is 1. The summed E-state index contributed by atoms with van der Waals surface area (Å²) in [7, 11) is 0. The molecule has 132 valence electrons. The van der Waals surface area contributed by atoms with Crippen LogP contribution in [0.2, 0.25) is 0 Å². The number of aryl methyl sites for hydroxylation is 2. The quantitative estimate of drug-likeness (QED) is 0.501. The molecule has 0 bridgehead atoms. The molecule has 0 saturated carbocycles. The molecule has 0 amide bonds. The predicted octanol–water partition coefficient (Wildman–Crippen LogP) is 4.05. The van der Waals surface area contributed by atoms with Crippen molar-refractivity contribution in [3.8, 4) is 0 Å². The van der Waals surface area contributed by atoms with Crippen molar-refractivity contribution in [1.82, 2.24) is 19.2 Å². The number of benzene rings is 2. The highest BCUT2D eigenvalue weighted by Crippen LogP contribution is 2.24. The highest BCUT2D eigenvalue weighted by Gasteiger charge is 2.16. The van der Waals surface area contributed by atoms with Gasteiger partial charge in [0.1, 0.15) is 0 Å². The van der Waals surface area contributed by atoms with E-state index in [1.54, 1.807) is 16.3 Å². The maximum atomic E-state index is 12.8. The zero-order valence-electron chi connectivity index (χ0n) is 14.8. The van der Waals surface area contributed by atoms with Crippen molar-refractivity contribution in [2.75, 3.05) is 0 Å². The van der Waals surface area contributed by atoms with Gasteiger partial charge in [0.25, 0.3) is 5.56 Å². The highest BCUT2D eigenvalue weighted by molar-refractivity contribution is 7.98. The maximum Gasteiger partial charge on any atom is 0.262 e. The van der Waals surface area contributed by atoms with Gasteiger partial charge in [0.2, 0.25) is 5.78 Å². The van der Waals surface area contributed by atoms with E-state index < -0.39 is 0 Å². The topological polar surface area (TPSA) is 52.2 Å². The monoisotopic (exact) mass is 364 g/mol. The minimum atomic E-state index is -0.00238. The van der Waals surface area contributed by atoms with Gasteiger partial charge in [-0.15, -0.1) is 10.2 Å². The second-order valence-corrected chi connectivity index (χ2v) is 7.31. The number of thioether (sulfide) groups is 1. The summed E-state index contributed by atoms with van der Waals surface area (Å²) in [5.41, 5.74) is 3.35. The molecule has 0 aliphatic rings. The van der Waals surface area contributed by atoms with Crippen LogP contribution in [0.15, 0.2) is 58.5 Å². The highest BCUT2D eigenvalue weighted by atomic mass is 32.2. The third-order valence-corrected chi connectivity index (χ3v) is 5.41. The minimum Gasteiger partial charge on any atom is -0.276 e. The van der Waals surface area contributed by atoms with Crippen LogP contribution in [-0.2, 0) is 12.3 Å². The Morgan fingerprint density at radius 3 is 2.58 bits per heavy atom. The average molecular weight is 364 g/mol. The fourth-order valence-corrected chi connectivity index (χ4v) is 3.98. The summed E-state index contributed by atoms with van der Waals surface area (Å²) in [6, 6.07) is 16.2. The summed E-state index contributed by atoms with van der Waals surface area (Å²) in [6.45, 7) is 4.78. The summed E-state index contributed by atoms with van der Waals surface area (Å²) in [6.07, 6.45) is 0.868. The summed E-state index contributed by atoms with van der Waals surface area (Å²) < 4.78 is 3.73. The first kappa shape index (κ1) is 16.8. The van der Waals surface area contributed by atoms with Crippen molar-refractivity contribution in [3.63, 3.8) is 0 Å². The van der Waals surface area contributed by atoms with E-state index in [2.05, 4.69) is 48.3 Å². The van der Waals surface area contributed by atoms with E-state index in [4.69, 9.17) is 0 Å². The second kappa shape index (κ2) is 6.96. The van der Waals surface area contributed by atoms with Crippen molar-refractivity contribution >= 4 is 28.4 Å². The van der Waals surface area contributed by atoms with Gasteiger partial charge in [-0.05, 0) is 31.0 Å². The molecule has 0 atom stereocenters. The number of aromatic nitrogens is 4. The Bertz CT molecular complexity index is 1130. The van der Waals surface area contributed by atoms with Gasteiger partial charge in [0.15, 0.2) is 5.16 Å². The summed E-state index contributed by atoms with van der Waals surface area (Å²) >= 11 is 1.64. The number of nitrogens with zero attached hydrogens (tertiary/aromatic N) is 4. The van der Waals surface area contributed by atoms with Gasteiger partial charge < -0.3 is 0 Å². The summed E-state index contributed by atoms with van der Waals surface area (Å²) in [5, 5.41) is 10.2. The first-order chi connectivity index (χ1) is 12.7. The minimum absolute atomic E-state index is 0.00238. The van der Waals surface area contributed by atoms with Gasteiger partial charge >= 0.3 is 0 Å². The molecule has 6 heteroatoms. The van der Waals surface area contributed by atoms with Crippen molar-refractivity contribution in [1.29, 1.82) is 0 Å². The van der Waals surface area contributed by atoms with Crippen LogP contribution in [0.5, 0.6) is 0 Å². The molecule has 0 aliphatic heterocycles. The molecule has 26 heavy (non-hydrogen) atoms. The van der Waals surface area contributed by atoms with E-state index in [9.17, 15) is 4.79 Å². The first-order valence-electron chi connectivity index (χ1n) is 8.74.